The van der Waals surface area contributed by atoms with Gasteiger partial charge in [0.25, 0.3) is 15.9 Å². The number of para-hydroxylation sites is 1. The lowest BCUT2D eigenvalue weighted by Gasteiger charge is -2.28. The van der Waals surface area contributed by atoms with Crippen molar-refractivity contribution >= 4 is 44.8 Å². The van der Waals surface area contributed by atoms with Gasteiger partial charge in [0.05, 0.1) is 21.8 Å². The maximum atomic E-state index is 13.7. The number of anilines is 2. The van der Waals surface area contributed by atoms with E-state index in [4.69, 9.17) is 11.6 Å². The second kappa shape index (κ2) is 11.4. The summed E-state index contributed by atoms with van der Waals surface area (Å²) >= 11 is 6.11. The molecule has 0 radical (unpaired) electrons. The summed E-state index contributed by atoms with van der Waals surface area (Å²) in [6, 6.07) is 18.1. The van der Waals surface area contributed by atoms with Gasteiger partial charge >= 0.3 is 0 Å². The molecule has 1 saturated heterocycles. The molecule has 0 aromatic heterocycles. The van der Waals surface area contributed by atoms with Crippen molar-refractivity contribution in [3.8, 4) is 0 Å². The molecule has 9 heteroatoms. The van der Waals surface area contributed by atoms with Crippen LogP contribution in [0.2, 0.25) is 5.02 Å². The molecule has 3 aromatic carbocycles. The van der Waals surface area contributed by atoms with E-state index in [9.17, 15) is 18.0 Å². The molecule has 0 bridgehead atoms. The molecule has 1 heterocycles. The Morgan fingerprint density at radius 1 is 0.946 bits per heavy atom. The summed E-state index contributed by atoms with van der Waals surface area (Å²) in [5.74, 6) is -0.711. The van der Waals surface area contributed by atoms with E-state index in [2.05, 4.69) is 5.32 Å². The summed E-state index contributed by atoms with van der Waals surface area (Å²) in [6.07, 6.45) is 3.00. The zero-order valence-corrected chi connectivity index (χ0v) is 22.5. The summed E-state index contributed by atoms with van der Waals surface area (Å²) < 4.78 is 28.5. The number of sulfonamides is 1. The van der Waals surface area contributed by atoms with E-state index in [0.29, 0.717) is 40.6 Å². The van der Waals surface area contributed by atoms with Crippen LogP contribution in [0.15, 0.2) is 71.6 Å². The van der Waals surface area contributed by atoms with Gasteiger partial charge < -0.3 is 10.2 Å². The summed E-state index contributed by atoms with van der Waals surface area (Å²) in [6.45, 7) is 4.49. The maximum absolute atomic E-state index is 13.7. The number of benzene rings is 3. The van der Waals surface area contributed by atoms with Crippen molar-refractivity contribution in [3.05, 3.63) is 88.4 Å². The highest BCUT2D eigenvalue weighted by atomic mass is 35.5. The van der Waals surface area contributed by atoms with Crippen molar-refractivity contribution < 1.29 is 18.0 Å². The SMILES string of the molecule is Cc1ccc(S(=O)(=O)N(CC(=O)Nc2ccccc2C(=O)N2CCCCC2)c2ccc(Cl)cc2C)cc1. The molecule has 1 fully saturated rings. The van der Waals surface area contributed by atoms with Crippen LogP contribution >= 0.6 is 11.6 Å². The molecular weight excluding hydrogens is 510 g/mol. The molecule has 0 unspecified atom stereocenters. The maximum Gasteiger partial charge on any atom is 0.264 e. The molecule has 0 saturated carbocycles. The topological polar surface area (TPSA) is 86.8 Å². The van der Waals surface area contributed by atoms with Gasteiger partial charge in [0.15, 0.2) is 0 Å². The van der Waals surface area contributed by atoms with Gasteiger partial charge in [-0.25, -0.2) is 8.42 Å². The highest BCUT2D eigenvalue weighted by Crippen LogP contribution is 2.29. The minimum atomic E-state index is -4.08. The average molecular weight is 540 g/mol. The highest BCUT2D eigenvalue weighted by molar-refractivity contribution is 7.92. The van der Waals surface area contributed by atoms with Crippen LogP contribution in [0.3, 0.4) is 0 Å². The lowest BCUT2D eigenvalue weighted by molar-refractivity contribution is -0.114. The zero-order valence-electron chi connectivity index (χ0n) is 20.9. The predicted octanol–water partition coefficient (Wildman–Crippen LogP) is 5.42. The van der Waals surface area contributed by atoms with Crippen molar-refractivity contribution in [1.29, 1.82) is 0 Å². The van der Waals surface area contributed by atoms with Gasteiger partial charge in [-0.2, -0.15) is 0 Å². The molecule has 1 N–H and O–H groups in total. The number of hydrogen-bond acceptors (Lipinski definition) is 4. The van der Waals surface area contributed by atoms with Gasteiger partial charge in [-0.1, -0.05) is 41.4 Å². The molecule has 0 aliphatic carbocycles. The Labute approximate surface area is 223 Å². The minimum Gasteiger partial charge on any atom is -0.339 e. The number of nitrogens with one attached hydrogen (secondary N) is 1. The molecule has 194 valence electrons. The van der Waals surface area contributed by atoms with Crippen LogP contribution in [0.4, 0.5) is 11.4 Å². The van der Waals surface area contributed by atoms with Gasteiger partial charge in [-0.05, 0) is 81.1 Å². The number of aryl methyl sites for hydroxylation is 2. The van der Waals surface area contributed by atoms with Crippen LogP contribution in [0, 0.1) is 13.8 Å². The van der Waals surface area contributed by atoms with E-state index >= 15 is 0 Å². The first kappa shape index (κ1) is 26.7. The number of carbonyl (C=O) groups is 2. The number of piperidine rings is 1. The van der Waals surface area contributed by atoms with Crippen molar-refractivity contribution in [3.63, 3.8) is 0 Å². The number of carbonyl (C=O) groups excluding carboxylic acids is 2. The van der Waals surface area contributed by atoms with Crippen LogP contribution < -0.4 is 9.62 Å². The number of rotatable bonds is 7. The highest BCUT2D eigenvalue weighted by Gasteiger charge is 2.29. The van der Waals surface area contributed by atoms with Gasteiger partial charge in [0, 0.05) is 18.1 Å². The average Bonchev–Trinajstić information content (AvgIpc) is 2.88. The lowest BCUT2D eigenvalue weighted by Crippen LogP contribution is -2.39. The standard InChI is InChI=1S/C28H30ClN3O4S/c1-20-10-13-23(14-11-20)37(35,36)32(26-15-12-22(29)18-21(26)2)19-27(33)30-25-9-5-4-8-24(25)28(34)31-16-6-3-7-17-31/h4-5,8-15,18H,3,6-7,16-17,19H2,1-2H3,(H,30,33). The van der Waals surface area contributed by atoms with Gasteiger partial charge in [-0.3, -0.25) is 13.9 Å². The van der Waals surface area contributed by atoms with Gasteiger partial charge in [-0.15, -0.1) is 0 Å². The third kappa shape index (κ3) is 6.14. The monoisotopic (exact) mass is 539 g/mol. The fourth-order valence-corrected chi connectivity index (χ4v) is 6.11. The quantitative estimate of drug-likeness (QED) is 0.434. The number of likely N-dealkylation sites (tertiary alicyclic amines) is 1. The third-order valence-electron chi connectivity index (χ3n) is 6.40. The Hall–Kier alpha value is -3.36. The molecule has 0 atom stereocenters. The second-order valence-electron chi connectivity index (χ2n) is 9.20. The molecule has 7 nitrogen and oxygen atoms in total. The third-order valence-corrected chi connectivity index (χ3v) is 8.41. The molecule has 37 heavy (non-hydrogen) atoms. The van der Waals surface area contributed by atoms with Crippen LogP contribution in [-0.2, 0) is 14.8 Å². The second-order valence-corrected chi connectivity index (χ2v) is 11.5. The Kier molecular flexibility index (Phi) is 8.19. The minimum absolute atomic E-state index is 0.0703. The first-order valence-electron chi connectivity index (χ1n) is 12.2. The molecule has 2 amide bonds. The Morgan fingerprint density at radius 2 is 1.62 bits per heavy atom. The van der Waals surface area contributed by atoms with E-state index in [0.717, 1.165) is 29.1 Å². The summed E-state index contributed by atoms with van der Waals surface area (Å²) in [4.78, 5) is 28.3. The molecule has 1 aliphatic heterocycles. The van der Waals surface area contributed by atoms with Crippen LogP contribution in [0.1, 0.15) is 40.7 Å². The summed E-state index contributed by atoms with van der Waals surface area (Å²) in [5, 5.41) is 3.24. The van der Waals surface area contributed by atoms with Crippen LogP contribution in [-0.4, -0.2) is 44.8 Å². The number of halogens is 1. The molecule has 3 aromatic rings. The molecule has 0 spiro atoms. The molecule has 1 aliphatic rings. The smallest absolute Gasteiger partial charge is 0.264 e. The molecular formula is C28H30ClN3O4S. The van der Waals surface area contributed by atoms with Crippen LogP contribution in [0.25, 0.3) is 0 Å². The summed E-state index contributed by atoms with van der Waals surface area (Å²) in [5.41, 5.74) is 2.60. The zero-order chi connectivity index (χ0) is 26.6. The normalized spacial score (nSPS) is 13.8. The van der Waals surface area contributed by atoms with Crippen molar-refractivity contribution in [2.45, 2.75) is 38.0 Å². The van der Waals surface area contributed by atoms with Crippen molar-refractivity contribution in [2.24, 2.45) is 0 Å². The van der Waals surface area contributed by atoms with E-state index in [1.54, 1.807) is 66.4 Å². The van der Waals surface area contributed by atoms with E-state index in [1.807, 2.05) is 6.92 Å². The van der Waals surface area contributed by atoms with E-state index in [-0.39, 0.29) is 10.8 Å². The molecule has 4 rings (SSSR count). The predicted molar refractivity (Wildman–Crippen MR) is 147 cm³/mol. The van der Waals surface area contributed by atoms with Gasteiger partial charge in [0.2, 0.25) is 5.91 Å². The van der Waals surface area contributed by atoms with Crippen molar-refractivity contribution in [1.82, 2.24) is 4.90 Å². The first-order chi connectivity index (χ1) is 17.7. The lowest BCUT2D eigenvalue weighted by atomic mass is 10.1. The Bertz CT molecular complexity index is 1400. The fraction of sp³-hybridized carbons (Fsp3) is 0.286. The fourth-order valence-electron chi connectivity index (χ4n) is 4.40. The summed E-state index contributed by atoms with van der Waals surface area (Å²) in [7, 11) is -4.08. The van der Waals surface area contributed by atoms with E-state index in [1.165, 1.54) is 12.1 Å². The number of nitrogens with zero attached hydrogens (tertiary/aromatic N) is 2. The Morgan fingerprint density at radius 3 is 2.30 bits per heavy atom. The van der Waals surface area contributed by atoms with Crippen LogP contribution in [0.5, 0.6) is 0 Å². The number of hydrogen-bond donors (Lipinski definition) is 1. The largest absolute Gasteiger partial charge is 0.339 e. The Balaban J connectivity index is 1.64. The van der Waals surface area contributed by atoms with E-state index < -0.39 is 22.5 Å². The first-order valence-corrected chi connectivity index (χ1v) is 14.0. The van der Waals surface area contributed by atoms with Crippen molar-refractivity contribution in [2.75, 3.05) is 29.3 Å². The van der Waals surface area contributed by atoms with Gasteiger partial charge in [0.1, 0.15) is 6.54 Å². The number of amides is 2.